The maximum Gasteiger partial charge on any atom is 0.159 e. The van der Waals surface area contributed by atoms with Crippen LogP contribution in [0.25, 0.3) is 11.3 Å². The van der Waals surface area contributed by atoms with Gasteiger partial charge in [0.05, 0.1) is 5.56 Å². The number of nitrogen functional groups attached to an aromatic ring is 1. The maximum atomic E-state index is 13.3. The molecule has 0 aliphatic rings. The molecule has 6 heteroatoms. The number of carbonyl (C=O) groups excluding carboxylic acids is 1. The van der Waals surface area contributed by atoms with Crippen LogP contribution >= 0.6 is 0 Å². The average molecular weight is 279 g/mol. The van der Waals surface area contributed by atoms with Crippen molar-refractivity contribution in [3.05, 3.63) is 35.4 Å². The minimum atomic E-state index is -0.990. The second kappa shape index (κ2) is 5.40. The monoisotopic (exact) mass is 279 g/mol. The van der Waals surface area contributed by atoms with Crippen molar-refractivity contribution in [1.82, 2.24) is 9.78 Å². The standard InChI is InChI=1S/C14H15F2N3O/c1-8(2)6-19-14(17)10(7-20)13(18-19)9-3-4-11(15)12(16)5-9/h3-5,7-8H,6,17H2,1-2H3. The summed E-state index contributed by atoms with van der Waals surface area (Å²) < 4.78 is 27.8. The van der Waals surface area contributed by atoms with Crippen LogP contribution in [0.2, 0.25) is 0 Å². The first-order valence-corrected chi connectivity index (χ1v) is 6.21. The lowest BCUT2D eigenvalue weighted by molar-refractivity contribution is 0.112. The van der Waals surface area contributed by atoms with Gasteiger partial charge in [-0.3, -0.25) is 4.79 Å². The van der Waals surface area contributed by atoms with E-state index in [-0.39, 0.29) is 23.0 Å². The van der Waals surface area contributed by atoms with E-state index in [0.29, 0.717) is 18.4 Å². The molecule has 0 amide bonds. The van der Waals surface area contributed by atoms with Crippen LogP contribution in [0.3, 0.4) is 0 Å². The first kappa shape index (κ1) is 14.2. The second-order valence-electron chi connectivity index (χ2n) is 4.97. The number of benzene rings is 1. The summed E-state index contributed by atoms with van der Waals surface area (Å²) in [7, 11) is 0. The van der Waals surface area contributed by atoms with Gasteiger partial charge >= 0.3 is 0 Å². The molecular formula is C14H15F2N3O. The van der Waals surface area contributed by atoms with Crippen LogP contribution < -0.4 is 5.73 Å². The van der Waals surface area contributed by atoms with Crippen LogP contribution in [0.4, 0.5) is 14.6 Å². The number of hydrogen-bond acceptors (Lipinski definition) is 3. The molecule has 2 N–H and O–H groups in total. The van der Waals surface area contributed by atoms with E-state index in [2.05, 4.69) is 5.10 Å². The fourth-order valence-corrected chi connectivity index (χ4v) is 1.95. The molecule has 1 aromatic carbocycles. The zero-order chi connectivity index (χ0) is 14.9. The molecule has 0 atom stereocenters. The summed E-state index contributed by atoms with van der Waals surface area (Å²) in [6, 6.07) is 3.37. The van der Waals surface area contributed by atoms with Crippen LogP contribution in [0.5, 0.6) is 0 Å². The van der Waals surface area contributed by atoms with Gasteiger partial charge in [0.15, 0.2) is 17.9 Å². The summed E-state index contributed by atoms with van der Waals surface area (Å²) in [5.74, 6) is -1.42. The Labute approximate surface area is 115 Å². The zero-order valence-electron chi connectivity index (χ0n) is 11.2. The third-order valence-electron chi connectivity index (χ3n) is 2.88. The summed E-state index contributed by atoms with van der Waals surface area (Å²) >= 11 is 0. The summed E-state index contributed by atoms with van der Waals surface area (Å²) in [5, 5.41) is 4.23. The highest BCUT2D eigenvalue weighted by atomic mass is 19.2. The van der Waals surface area contributed by atoms with Gasteiger partial charge in [-0.25, -0.2) is 13.5 Å². The van der Waals surface area contributed by atoms with Crippen molar-refractivity contribution < 1.29 is 13.6 Å². The fraction of sp³-hybridized carbons (Fsp3) is 0.286. The number of aldehydes is 1. The molecule has 1 aromatic heterocycles. The van der Waals surface area contributed by atoms with Gasteiger partial charge in [-0.1, -0.05) is 13.8 Å². The summed E-state index contributed by atoms with van der Waals surface area (Å²) in [5.41, 5.74) is 6.64. The van der Waals surface area contributed by atoms with Crippen LogP contribution in [-0.2, 0) is 6.54 Å². The average Bonchev–Trinajstić information content (AvgIpc) is 2.69. The van der Waals surface area contributed by atoms with E-state index in [9.17, 15) is 13.6 Å². The SMILES string of the molecule is CC(C)Cn1nc(-c2ccc(F)c(F)c2)c(C=O)c1N. The molecule has 0 spiro atoms. The van der Waals surface area contributed by atoms with Crippen LogP contribution in [0.1, 0.15) is 24.2 Å². The number of hydrogen-bond donors (Lipinski definition) is 1. The number of anilines is 1. The van der Waals surface area contributed by atoms with E-state index in [0.717, 1.165) is 12.1 Å². The lowest BCUT2D eigenvalue weighted by atomic mass is 10.1. The largest absolute Gasteiger partial charge is 0.383 e. The number of halogens is 2. The highest BCUT2D eigenvalue weighted by molar-refractivity contribution is 5.91. The first-order chi connectivity index (χ1) is 9.43. The highest BCUT2D eigenvalue weighted by Gasteiger charge is 2.18. The Morgan fingerprint density at radius 3 is 2.60 bits per heavy atom. The van der Waals surface area contributed by atoms with E-state index in [4.69, 9.17) is 5.73 Å². The number of nitrogens with two attached hydrogens (primary N) is 1. The maximum absolute atomic E-state index is 13.3. The van der Waals surface area contributed by atoms with Crippen LogP contribution in [0.15, 0.2) is 18.2 Å². The predicted molar refractivity (Wildman–Crippen MR) is 72.2 cm³/mol. The molecule has 106 valence electrons. The molecule has 0 saturated carbocycles. The number of rotatable bonds is 4. The van der Waals surface area contributed by atoms with Crippen molar-refractivity contribution in [3.63, 3.8) is 0 Å². The highest BCUT2D eigenvalue weighted by Crippen LogP contribution is 2.27. The Morgan fingerprint density at radius 1 is 1.35 bits per heavy atom. The normalized spacial score (nSPS) is 11.1. The van der Waals surface area contributed by atoms with Crippen LogP contribution in [0, 0.1) is 17.6 Å². The van der Waals surface area contributed by atoms with Gasteiger partial charge in [0.1, 0.15) is 11.5 Å². The summed E-state index contributed by atoms with van der Waals surface area (Å²) in [6.07, 6.45) is 0.579. The van der Waals surface area contributed by atoms with Gasteiger partial charge in [-0.05, 0) is 24.1 Å². The van der Waals surface area contributed by atoms with E-state index in [1.54, 1.807) is 0 Å². The summed E-state index contributed by atoms with van der Waals surface area (Å²) in [4.78, 5) is 11.2. The first-order valence-electron chi connectivity index (χ1n) is 6.21. The molecule has 0 radical (unpaired) electrons. The topological polar surface area (TPSA) is 60.9 Å². The Bertz CT molecular complexity index is 650. The van der Waals surface area contributed by atoms with Crippen molar-refractivity contribution in [3.8, 4) is 11.3 Å². The molecule has 2 aromatic rings. The van der Waals surface area contributed by atoms with Gasteiger partial charge < -0.3 is 5.73 Å². The second-order valence-corrected chi connectivity index (χ2v) is 4.97. The molecular weight excluding hydrogens is 264 g/mol. The van der Waals surface area contributed by atoms with E-state index in [1.165, 1.54) is 10.7 Å². The molecule has 1 heterocycles. The molecule has 4 nitrogen and oxygen atoms in total. The van der Waals surface area contributed by atoms with E-state index < -0.39 is 11.6 Å². The minimum absolute atomic E-state index is 0.191. The van der Waals surface area contributed by atoms with Crippen molar-refractivity contribution in [2.24, 2.45) is 5.92 Å². The van der Waals surface area contributed by atoms with Gasteiger partial charge in [0, 0.05) is 12.1 Å². The van der Waals surface area contributed by atoms with Crippen molar-refractivity contribution >= 4 is 12.1 Å². The van der Waals surface area contributed by atoms with Crippen molar-refractivity contribution in [1.29, 1.82) is 0 Å². The molecule has 0 fully saturated rings. The summed E-state index contributed by atoms with van der Waals surface area (Å²) in [6.45, 7) is 4.51. The molecule has 0 bridgehead atoms. The Kier molecular flexibility index (Phi) is 3.83. The molecule has 0 saturated heterocycles. The fourth-order valence-electron chi connectivity index (χ4n) is 1.95. The third-order valence-corrected chi connectivity index (χ3v) is 2.88. The Hall–Kier alpha value is -2.24. The minimum Gasteiger partial charge on any atom is -0.383 e. The van der Waals surface area contributed by atoms with Crippen LogP contribution in [-0.4, -0.2) is 16.1 Å². The van der Waals surface area contributed by atoms with Gasteiger partial charge in [-0.15, -0.1) is 0 Å². The zero-order valence-corrected chi connectivity index (χ0v) is 11.2. The molecule has 0 unspecified atom stereocenters. The van der Waals surface area contributed by atoms with Crippen molar-refractivity contribution in [2.45, 2.75) is 20.4 Å². The third kappa shape index (κ3) is 2.54. The smallest absolute Gasteiger partial charge is 0.159 e. The molecule has 2 rings (SSSR count). The number of carbonyl (C=O) groups is 1. The lowest BCUT2D eigenvalue weighted by Gasteiger charge is -2.06. The number of aromatic nitrogens is 2. The quantitative estimate of drug-likeness (QED) is 0.875. The van der Waals surface area contributed by atoms with Gasteiger partial charge in [-0.2, -0.15) is 5.10 Å². The van der Waals surface area contributed by atoms with Crippen molar-refractivity contribution in [2.75, 3.05) is 5.73 Å². The molecule has 0 aliphatic heterocycles. The van der Waals surface area contributed by atoms with Gasteiger partial charge in [0.2, 0.25) is 0 Å². The molecule has 0 aliphatic carbocycles. The predicted octanol–water partition coefficient (Wildman–Crippen LogP) is 2.88. The lowest BCUT2D eigenvalue weighted by Crippen LogP contribution is -2.09. The van der Waals surface area contributed by atoms with E-state index in [1.807, 2.05) is 13.8 Å². The Morgan fingerprint density at radius 2 is 2.05 bits per heavy atom. The van der Waals surface area contributed by atoms with Gasteiger partial charge in [0.25, 0.3) is 0 Å². The van der Waals surface area contributed by atoms with E-state index >= 15 is 0 Å². The Balaban J connectivity index is 2.55. The molecule has 20 heavy (non-hydrogen) atoms. The number of nitrogens with zero attached hydrogens (tertiary/aromatic N) is 2.